The molecule has 2 aromatic rings. The second kappa shape index (κ2) is 5.52. The summed E-state index contributed by atoms with van der Waals surface area (Å²) < 4.78 is 5.38. The Morgan fingerprint density at radius 1 is 1.21 bits per heavy atom. The molecule has 1 saturated heterocycles. The number of hydrogen-bond acceptors (Lipinski definition) is 4. The highest BCUT2D eigenvalue weighted by atomic mass is 32.1. The van der Waals surface area contributed by atoms with Crippen LogP contribution in [0, 0.1) is 11.3 Å². The largest absolute Gasteiger partial charge is 0.381 e. The fourth-order valence-corrected chi connectivity index (χ4v) is 3.19. The molecule has 1 fully saturated rings. The molecule has 0 atom stereocenters. The summed E-state index contributed by atoms with van der Waals surface area (Å²) in [6.45, 7) is 1.68. The average Bonchev–Trinajstić information content (AvgIpc) is 2.98. The highest BCUT2D eigenvalue weighted by Gasteiger charge is 2.18. The van der Waals surface area contributed by atoms with Crippen LogP contribution >= 0.6 is 11.3 Å². The number of nitriles is 1. The third kappa shape index (κ3) is 2.67. The number of aromatic nitrogens is 1. The van der Waals surface area contributed by atoms with E-state index < -0.39 is 0 Å². The van der Waals surface area contributed by atoms with Crippen LogP contribution in [0.4, 0.5) is 0 Å². The molecule has 4 heteroatoms. The van der Waals surface area contributed by atoms with Crippen LogP contribution in [0.15, 0.2) is 29.6 Å². The van der Waals surface area contributed by atoms with Gasteiger partial charge in [-0.3, -0.25) is 0 Å². The highest BCUT2D eigenvalue weighted by Crippen LogP contribution is 2.31. The van der Waals surface area contributed by atoms with Gasteiger partial charge < -0.3 is 4.74 Å². The average molecular weight is 270 g/mol. The van der Waals surface area contributed by atoms with Crippen molar-refractivity contribution in [1.29, 1.82) is 5.26 Å². The number of rotatable bonds is 2. The van der Waals surface area contributed by atoms with Crippen molar-refractivity contribution in [3.63, 3.8) is 0 Å². The standard InChI is InChI=1S/C15H14N2OS/c16-9-11-1-3-13(4-2-11)15-17-14(10-19-15)12-5-7-18-8-6-12/h1-4,10,12H,5-8H2. The lowest BCUT2D eigenvalue weighted by Crippen LogP contribution is -2.14. The monoisotopic (exact) mass is 270 g/mol. The van der Waals surface area contributed by atoms with Crippen molar-refractivity contribution in [2.75, 3.05) is 13.2 Å². The van der Waals surface area contributed by atoms with Crippen LogP contribution in [0.5, 0.6) is 0 Å². The molecule has 1 aromatic heterocycles. The normalized spacial score (nSPS) is 16.2. The van der Waals surface area contributed by atoms with Crippen LogP contribution in [0.1, 0.15) is 30.0 Å². The lowest BCUT2D eigenvalue weighted by atomic mass is 9.97. The topological polar surface area (TPSA) is 45.9 Å². The fraction of sp³-hybridized carbons (Fsp3) is 0.333. The maximum Gasteiger partial charge on any atom is 0.123 e. The molecule has 0 radical (unpaired) electrons. The zero-order valence-electron chi connectivity index (χ0n) is 10.5. The summed E-state index contributed by atoms with van der Waals surface area (Å²) in [4.78, 5) is 4.74. The van der Waals surface area contributed by atoms with E-state index >= 15 is 0 Å². The minimum absolute atomic E-state index is 0.539. The molecule has 19 heavy (non-hydrogen) atoms. The quantitative estimate of drug-likeness (QED) is 0.838. The molecule has 3 rings (SSSR count). The Balaban J connectivity index is 1.81. The van der Waals surface area contributed by atoms with Crippen LogP contribution < -0.4 is 0 Å². The Morgan fingerprint density at radius 3 is 2.63 bits per heavy atom. The van der Waals surface area contributed by atoms with Crippen molar-refractivity contribution in [3.05, 3.63) is 40.9 Å². The number of ether oxygens (including phenoxy) is 1. The molecule has 0 unspecified atom stereocenters. The predicted molar refractivity (Wildman–Crippen MR) is 75.1 cm³/mol. The first-order valence-electron chi connectivity index (χ1n) is 6.40. The van der Waals surface area contributed by atoms with Gasteiger partial charge in [-0.2, -0.15) is 5.26 Å². The van der Waals surface area contributed by atoms with Gasteiger partial charge in [-0.1, -0.05) is 12.1 Å². The summed E-state index contributed by atoms with van der Waals surface area (Å²) in [7, 11) is 0. The second-order valence-electron chi connectivity index (χ2n) is 4.65. The van der Waals surface area contributed by atoms with Gasteiger partial charge in [0.05, 0.1) is 17.3 Å². The van der Waals surface area contributed by atoms with E-state index in [1.165, 1.54) is 5.69 Å². The van der Waals surface area contributed by atoms with Crippen molar-refractivity contribution in [2.45, 2.75) is 18.8 Å². The molecule has 1 aliphatic rings. The summed E-state index contributed by atoms with van der Waals surface area (Å²) in [6.07, 6.45) is 2.13. The number of thiazole rings is 1. The van der Waals surface area contributed by atoms with Gasteiger partial charge in [0.1, 0.15) is 5.01 Å². The molecule has 0 saturated carbocycles. The van der Waals surface area contributed by atoms with E-state index in [0.29, 0.717) is 11.5 Å². The molecule has 0 bridgehead atoms. The summed E-state index contributed by atoms with van der Waals surface area (Å²) in [5, 5.41) is 12.0. The minimum Gasteiger partial charge on any atom is -0.381 e. The van der Waals surface area contributed by atoms with Gasteiger partial charge in [0, 0.05) is 30.1 Å². The minimum atomic E-state index is 0.539. The molecule has 1 aromatic carbocycles. The molecule has 1 aliphatic heterocycles. The van der Waals surface area contributed by atoms with Gasteiger partial charge in [-0.05, 0) is 25.0 Å². The van der Waals surface area contributed by atoms with Gasteiger partial charge in [-0.25, -0.2) is 4.98 Å². The van der Waals surface area contributed by atoms with E-state index in [0.717, 1.165) is 36.6 Å². The Morgan fingerprint density at radius 2 is 1.95 bits per heavy atom. The predicted octanol–water partition coefficient (Wildman–Crippen LogP) is 3.58. The smallest absolute Gasteiger partial charge is 0.123 e. The second-order valence-corrected chi connectivity index (χ2v) is 5.51. The molecule has 96 valence electrons. The fourth-order valence-electron chi connectivity index (χ4n) is 2.29. The molecular weight excluding hydrogens is 256 g/mol. The van der Waals surface area contributed by atoms with E-state index in [-0.39, 0.29) is 0 Å². The first kappa shape index (κ1) is 12.3. The molecule has 2 heterocycles. The summed E-state index contributed by atoms with van der Waals surface area (Å²) in [5.74, 6) is 0.539. The summed E-state index contributed by atoms with van der Waals surface area (Å²) in [6, 6.07) is 9.73. The maximum absolute atomic E-state index is 8.80. The summed E-state index contributed by atoms with van der Waals surface area (Å²) >= 11 is 1.67. The first-order valence-corrected chi connectivity index (χ1v) is 7.28. The lowest BCUT2D eigenvalue weighted by molar-refractivity contribution is 0.0846. The van der Waals surface area contributed by atoms with E-state index in [9.17, 15) is 0 Å². The maximum atomic E-state index is 8.80. The zero-order valence-corrected chi connectivity index (χ0v) is 11.3. The van der Waals surface area contributed by atoms with Gasteiger partial charge in [0.15, 0.2) is 0 Å². The highest BCUT2D eigenvalue weighted by molar-refractivity contribution is 7.13. The van der Waals surface area contributed by atoms with Gasteiger partial charge in [-0.15, -0.1) is 11.3 Å². The Hall–Kier alpha value is -1.70. The van der Waals surface area contributed by atoms with Crippen molar-refractivity contribution in [2.24, 2.45) is 0 Å². The molecule has 0 amide bonds. The lowest BCUT2D eigenvalue weighted by Gasteiger charge is -2.19. The molecule has 0 aliphatic carbocycles. The SMILES string of the molecule is N#Cc1ccc(-c2nc(C3CCOCC3)cs2)cc1. The number of hydrogen-bond donors (Lipinski definition) is 0. The third-order valence-corrected chi connectivity index (χ3v) is 4.33. The first-order chi connectivity index (χ1) is 9.36. The van der Waals surface area contributed by atoms with Gasteiger partial charge >= 0.3 is 0 Å². The van der Waals surface area contributed by atoms with Crippen LogP contribution in [-0.4, -0.2) is 18.2 Å². The van der Waals surface area contributed by atoms with E-state index in [1.54, 1.807) is 11.3 Å². The molecular formula is C15H14N2OS. The number of nitrogens with zero attached hydrogens (tertiary/aromatic N) is 2. The van der Waals surface area contributed by atoms with Crippen LogP contribution in [0.3, 0.4) is 0 Å². The Labute approximate surface area is 116 Å². The van der Waals surface area contributed by atoms with Crippen LogP contribution in [0.25, 0.3) is 10.6 Å². The molecule has 0 N–H and O–H groups in total. The Kier molecular flexibility index (Phi) is 3.58. The van der Waals surface area contributed by atoms with Gasteiger partial charge in [0.2, 0.25) is 0 Å². The number of benzene rings is 1. The zero-order chi connectivity index (χ0) is 13.1. The van der Waals surface area contributed by atoms with E-state index in [4.69, 9.17) is 15.0 Å². The van der Waals surface area contributed by atoms with Crippen molar-refractivity contribution in [1.82, 2.24) is 4.98 Å². The molecule has 3 nitrogen and oxygen atoms in total. The third-order valence-electron chi connectivity index (χ3n) is 3.42. The van der Waals surface area contributed by atoms with Crippen molar-refractivity contribution in [3.8, 4) is 16.6 Å². The molecule has 0 spiro atoms. The van der Waals surface area contributed by atoms with E-state index in [1.807, 2.05) is 24.3 Å². The van der Waals surface area contributed by atoms with Crippen molar-refractivity contribution >= 4 is 11.3 Å². The van der Waals surface area contributed by atoms with Crippen molar-refractivity contribution < 1.29 is 4.74 Å². The van der Waals surface area contributed by atoms with Crippen LogP contribution in [0.2, 0.25) is 0 Å². The van der Waals surface area contributed by atoms with E-state index in [2.05, 4.69) is 11.4 Å². The summed E-state index contributed by atoms with van der Waals surface area (Å²) in [5.41, 5.74) is 2.96. The Bertz CT molecular complexity index is 591. The van der Waals surface area contributed by atoms with Crippen LogP contribution in [-0.2, 0) is 4.74 Å². The van der Waals surface area contributed by atoms with Gasteiger partial charge in [0.25, 0.3) is 0 Å².